The standard InChI is InChI=1S/C23H25ClN6O/c1-3-29(2)20(31)18-10-8-16(9-11-18)14-25-22-26-21(24)27-23(28-22)30-13-12-17-6-4-5-7-19(17)15-30/h4-11H,3,12-15H2,1-2H3,(H,25,26,27,28). The van der Waals surface area contributed by atoms with Gasteiger partial charge in [0, 0.05) is 38.8 Å². The average molecular weight is 437 g/mol. The number of carbonyl (C=O) groups is 1. The van der Waals surface area contributed by atoms with Crippen LogP contribution in [-0.2, 0) is 19.5 Å². The summed E-state index contributed by atoms with van der Waals surface area (Å²) in [5.41, 5.74) is 4.33. The van der Waals surface area contributed by atoms with Gasteiger partial charge in [0.05, 0.1) is 0 Å². The van der Waals surface area contributed by atoms with Gasteiger partial charge in [0.15, 0.2) is 0 Å². The number of anilines is 2. The van der Waals surface area contributed by atoms with Gasteiger partial charge in [0.1, 0.15) is 0 Å². The van der Waals surface area contributed by atoms with E-state index in [1.54, 1.807) is 11.9 Å². The Morgan fingerprint density at radius 1 is 1.10 bits per heavy atom. The van der Waals surface area contributed by atoms with Crippen molar-refractivity contribution in [3.63, 3.8) is 0 Å². The van der Waals surface area contributed by atoms with E-state index in [9.17, 15) is 4.79 Å². The fourth-order valence-corrected chi connectivity index (χ4v) is 3.69. The number of nitrogens with one attached hydrogen (secondary N) is 1. The van der Waals surface area contributed by atoms with E-state index in [2.05, 4.69) is 49.4 Å². The number of amides is 1. The molecule has 7 nitrogen and oxygen atoms in total. The second-order valence-corrected chi connectivity index (χ2v) is 7.88. The molecule has 0 fully saturated rings. The van der Waals surface area contributed by atoms with Gasteiger partial charge in [-0.1, -0.05) is 36.4 Å². The van der Waals surface area contributed by atoms with Crippen molar-refractivity contribution in [2.45, 2.75) is 26.4 Å². The second-order valence-electron chi connectivity index (χ2n) is 7.54. The minimum absolute atomic E-state index is 0.0130. The van der Waals surface area contributed by atoms with Crippen molar-refractivity contribution in [2.75, 3.05) is 30.4 Å². The number of nitrogens with zero attached hydrogens (tertiary/aromatic N) is 5. The number of hydrogen-bond acceptors (Lipinski definition) is 6. The van der Waals surface area contributed by atoms with Crippen LogP contribution in [-0.4, -0.2) is 45.9 Å². The number of fused-ring (bicyclic) bond motifs is 1. The summed E-state index contributed by atoms with van der Waals surface area (Å²) >= 11 is 6.18. The van der Waals surface area contributed by atoms with E-state index in [0.29, 0.717) is 30.5 Å². The van der Waals surface area contributed by atoms with Crippen LogP contribution in [0.4, 0.5) is 11.9 Å². The molecule has 1 aromatic heterocycles. The van der Waals surface area contributed by atoms with Crippen molar-refractivity contribution in [2.24, 2.45) is 0 Å². The first kappa shape index (κ1) is 21.1. The Bertz CT molecular complexity index is 1070. The third kappa shape index (κ3) is 4.94. The van der Waals surface area contributed by atoms with E-state index in [1.807, 2.05) is 31.2 Å². The highest BCUT2D eigenvalue weighted by molar-refractivity contribution is 6.28. The molecule has 4 rings (SSSR count). The van der Waals surface area contributed by atoms with Crippen LogP contribution in [0.5, 0.6) is 0 Å². The Balaban J connectivity index is 1.43. The number of carbonyl (C=O) groups excluding carboxylic acids is 1. The molecule has 0 unspecified atom stereocenters. The molecular formula is C23H25ClN6O. The maximum Gasteiger partial charge on any atom is 0.253 e. The Morgan fingerprint density at radius 3 is 2.58 bits per heavy atom. The molecule has 1 amide bonds. The monoisotopic (exact) mass is 436 g/mol. The van der Waals surface area contributed by atoms with E-state index in [4.69, 9.17) is 11.6 Å². The molecule has 31 heavy (non-hydrogen) atoms. The van der Waals surface area contributed by atoms with E-state index < -0.39 is 0 Å². The molecule has 0 saturated heterocycles. The topological polar surface area (TPSA) is 74.2 Å². The molecule has 2 aromatic carbocycles. The molecule has 2 heterocycles. The van der Waals surface area contributed by atoms with Gasteiger partial charge in [-0.15, -0.1) is 0 Å². The van der Waals surface area contributed by atoms with Crippen LogP contribution >= 0.6 is 11.6 Å². The summed E-state index contributed by atoms with van der Waals surface area (Å²) in [6.07, 6.45) is 0.945. The van der Waals surface area contributed by atoms with Crippen LogP contribution in [0.2, 0.25) is 5.28 Å². The third-order valence-corrected chi connectivity index (χ3v) is 5.65. The zero-order chi connectivity index (χ0) is 21.8. The summed E-state index contributed by atoms with van der Waals surface area (Å²) in [6, 6.07) is 15.9. The molecule has 1 N–H and O–H groups in total. The highest BCUT2D eigenvalue weighted by Gasteiger charge is 2.19. The normalized spacial score (nSPS) is 12.9. The Hall–Kier alpha value is -3.19. The molecule has 0 aliphatic carbocycles. The van der Waals surface area contributed by atoms with Gasteiger partial charge in [-0.2, -0.15) is 15.0 Å². The van der Waals surface area contributed by atoms with E-state index in [1.165, 1.54) is 11.1 Å². The van der Waals surface area contributed by atoms with Crippen molar-refractivity contribution < 1.29 is 4.79 Å². The van der Waals surface area contributed by atoms with Crippen molar-refractivity contribution in [1.29, 1.82) is 0 Å². The lowest BCUT2D eigenvalue weighted by Crippen LogP contribution is -2.32. The Labute approximate surface area is 187 Å². The minimum atomic E-state index is 0.0130. The number of rotatable bonds is 6. The molecule has 1 aliphatic rings. The molecule has 0 spiro atoms. The fraction of sp³-hybridized carbons (Fsp3) is 0.304. The van der Waals surface area contributed by atoms with Crippen molar-refractivity contribution in [3.05, 3.63) is 76.1 Å². The Morgan fingerprint density at radius 2 is 1.84 bits per heavy atom. The molecule has 160 valence electrons. The molecule has 1 aliphatic heterocycles. The quantitative estimate of drug-likeness (QED) is 0.633. The van der Waals surface area contributed by atoms with Gasteiger partial charge in [0.2, 0.25) is 17.2 Å². The summed E-state index contributed by atoms with van der Waals surface area (Å²) in [6.45, 7) is 4.72. The van der Waals surface area contributed by atoms with Crippen LogP contribution in [0.3, 0.4) is 0 Å². The van der Waals surface area contributed by atoms with Gasteiger partial charge in [-0.25, -0.2) is 0 Å². The summed E-state index contributed by atoms with van der Waals surface area (Å²) in [4.78, 5) is 29.1. The van der Waals surface area contributed by atoms with E-state index in [0.717, 1.165) is 25.1 Å². The molecule has 3 aromatic rings. The summed E-state index contributed by atoms with van der Waals surface area (Å²) in [5.74, 6) is 1.01. The van der Waals surface area contributed by atoms with E-state index >= 15 is 0 Å². The van der Waals surface area contributed by atoms with Crippen molar-refractivity contribution in [1.82, 2.24) is 19.9 Å². The van der Waals surface area contributed by atoms with Gasteiger partial charge >= 0.3 is 0 Å². The number of benzene rings is 2. The molecule has 0 atom stereocenters. The third-order valence-electron chi connectivity index (χ3n) is 5.48. The highest BCUT2D eigenvalue weighted by Crippen LogP contribution is 2.23. The lowest BCUT2D eigenvalue weighted by Gasteiger charge is -2.28. The number of hydrogen-bond donors (Lipinski definition) is 1. The summed E-state index contributed by atoms with van der Waals surface area (Å²) < 4.78 is 0. The van der Waals surface area contributed by atoms with Gasteiger partial charge in [-0.3, -0.25) is 4.79 Å². The smallest absolute Gasteiger partial charge is 0.253 e. The molecule has 8 heteroatoms. The molecule has 0 radical (unpaired) electrons. The van der Waals surface area contributed by atoms with E-state index in [-0.39, 0.29) is 11.2 Å². The lowest BCUT2D eigenvalue weighted by atomic mass is 10.0. The SMILES string of the molecule is CCN(C)C(=O)c1ccc(CNc2nc(Cl)nc(N3CCc4ccccc4C3)n2)cc1. The molecular weight excluding hydrogens is 412 g/mol. The summed E-state index contributed by atoms with van der Waals surface area (Å²) in [7, 11) is 1.79. The first-order chi connectivity index (χ1) is 15.0. The van der Waals surface area contributed by atoms with Crippen LogP contribution < -0.4 is 10.2 Å². The zero-order valence-electron chi connectivity index (χ0n) is 17.7. The first-order valence-corrected chi connectivity index (χ1v) is 10.7. The maximum absolute atomic E-state index is 12.2. The van der Waals surface area contributed by atoms with Crippen molar-refractivity contribution in [3.8, 4) is 0 Å². The van der Waals surface area contributed by atoms with Gasteiger partial charge in [-0.05, 0) is 53.8 Å². The fourth-order valence-electron chi connectivity index (χ4n) is 3.54. The zero-order valence-corrected chi connectivity index (χ0v) is 18.4. The van der Waals surface area contributed by atoms with Crippen LogP contribution in [0.25, 0.3) is 0 Å². The number of aromatic nitrogens is 3. The predicted octanol–water partition coefficient (Wildman–Crippen LogP) is 3.79. The van der Waals surface area contributed by atoms with Crippen molar-refractivity contribution >= 4 is 29.4 Å². The van der Waals surface area contributed by atoms with Gasteiger partial charge < -0.3 is 15.1 Å². The van der Waals surface area contributed by atoms with Gasteiger partial charge in [0.25, 0.3) is 5.91 Å². The second kappa shape index (κ2) is 9.31. The summed E-state index contributed by atoms with van der Waals surface area (Å²) in [5, 5.41) is 3.38. The average Bonchev–Trinajstić information content (AvgIpc) is 2.81. The minimum Gasteiger partial charge on any atom is -0.350 e. The van der Waals surface area contributed by atoms with Crippen LogP contribution in [0.1, 0.15) is 34.0 Å². The molecule has 0 saturated carbocycles. The van der Waals surface area contributed by atoms with Crippen LogP contribution in [0, 0.1) is 0 Å². The largest absolute Gasteiger partial charge is 0.350 e. The first-order valence-electron chi connectivity index (χ1n) is 10.3. The maximum atomic E-state index is 12.2. The predicted molar refractivity (Wildman–Crippen MR) is 122 cm³/mol. The molecule has 0 bridgehead atoms. The van der Waals surface area contributed by atoms with Crippen LogP contribution in [0.15, 0.2) is 48.5 Å². The lowest BCUT2D eigenvalue weighted by molar-refractivity contribution is 0.0802. The highest BCUT2D eigenvalue weighted by atomic mass is 35.5. The number of halogens is 1. The Kier molecular flexibility index (Phi) is 6.32.